The molecule has 2 rings (SSSR count). The van der Waals surface area contributed by atoms with Crippen molar-refractivity contribution in [1.29, 1.82) is 0 Å². The van der Waals surface area contributed by atoms with Crippen LogP contribution in [0.15, 0.2) is 41.4 Å². The predicted octanol–water partition coefficient (Wildman–Crippen LogP) is 1.24. The molecule has 0 atom stereocenters. The Morgan fingerprint density at radius 3 is 2.56 bits per heavy atom. The Labute approximate surface area is 106 Å². The Morgan fingerprint density at radius 2 is 1.94 bits per heavy atom. The molecule has 1 aromatic heterocycles. The summed E-state index contributed by atoms with van der Waals surface area (Å²) in [6.45, 7) is 2.26. The van der Waals surface area contributed by atoms with E-state index >= 15 is 0 Å². The molecule has 1 aromatic carbocycles. The molecule has 0 saturated heterocycles. The lowest BCUT2D eigenvalue weighted by Crippen LogP contribution is -2.26. The molecule has 0 bridgehead atoms. The summed E-state index contributed by atoms with van der Waals surface area (Å²) in [5, 5.41) is 6.59. The fourth-order valence-electron chi connectivity index (χ4n) is 1.54. The third kappa shape index (κ3) is 3.18. The Morgan fingerprint density at radius 1 is 1.22 bits per heavy atom. The van der Waals surface area contributed by atoms with Gasteiger partial charge in [-0.05, 0) is 25.1 Å². The summed E-state index contributed by atoms with van der Waals surface area (Å²) in [7, 11) is -3.41. The zero-order valence-corrected chi connectivity index (χ0v) is 10.9. The summed E-state index contributed by atoms with van der Waals surface area (Å²) in [4.78, 5) is 0.290. The minimum absolute atomic E-state index is 0.290. The summed E-state index contributed by atoms with van der Waals surface area (Å²) in [6.07, 6.45) is 2.23. The van der Waals surface area contributed by atoms with E-state index in [1.54, 1.807) is 30.5 Å². The lowest BCUT2D eigenvalue weighted by atomic mass is 10.2. The Kier molecular flexibility index (Phi) is 3.78. The summed E-state index contributed by atoms with van der Waals surface area (Å²) in [6, 6.07) is 8.59. The van der Waals surface area contributed by atoms with Gasteiger partial charge in [-0.15, -0.1) is 0 Å². The van der Waals surface area contributed by atoms with Crippen LogP contribution in [0.2, 0.25) is 0 Å². The monoisotopic (exact) mass is 265 g/mol. The van der Waals surface area contributed by atoms with Gasteiger partial charge in [0.15, 0.2) is 0 Å². The highest BCUT2D eigenvalue weighted by Gasteiger charge is 2.12. The van der Waals surface area contributed by atoms with Gasteiger partial charge in [0, 0.05) is 24.9 Å². The van der Waals surface area contributed by atoms with Crippen molar-refractivity contribution in [3.8, 4) is 0 Å². The first-order chi connectivity index (χ1) is 8.58. The van der Waals surface area contributed by atoms with Crippen LogP contribution in [0.5, 0.6) is 0 Å². The zero-order valence-electron chi connectivity index (χ0n) is 10.1. The molecule has 0 unspecified atom stereocenters. The van der Waals surface area contributed by atoms with Crippen molar-refractivity contribution in [2.24, 2.45) is 0 Å². The van der Waals surface area contributed by atoms with Crippen molar-refractivity contribution < 1.29 is 8.42 Å². The predicted molar refractivity (Wildman–Crippen MR) is 68.7 cm³/mol. The number of hydrogen-bond acceptors (Lipinski definition) is 3. The van der Waals surface area contributed by atoms with Crippen LogP contribution in [-0.4, -0.2) is 25.2 Å². The molecule has 2 N–H and O–H groups in total. The van der Waals surface area contributed by atoms with Crippen molar-refractivity contribution in [2.45, 2.75) is 18.2 Å². The number of nitrogens with zero attached hydrogens (tertiary/aromatic N) is 1. The van der Waals surface area contributed by atoms with E-state index in [1.807, 2.05) is 13.0 Å². The van der Waals surface area contributed by atoms with E-state index in [1.165, 1.54) is 0 Å². The molecule has 0 saturated carbocycles. The van der Waals surface area contributed by atoms with Crippen LogP contribution in [0.3, 0.4) is 0 Å². The second-order valence-corrected chi connectivity index (χ2v) is 5.81. The molecular weight excluding hydrogens is 250 g/mol. The van der Waals surface area contributed by atoms with Gasteiger partial charge in [-0.2, -0.15) is 5.10 Å². The second-order valence-electron chi connectivity index (χ2n) is 4.04. The SMILES string of the molecule is Cc1ccc(S(=O)(=O)NCCc2ccn[nH]2)cc1. The van der Waals surface area contributed by atoms with E-state index in [9.17, 15) is 8.42 Å². The topological polar surface area (TPSA) is 74.8 Å². The fraction of sp³-hybridized carbons (Fsp3) is 0.250. The maximum atomic E-state index is 11.9. The molecule has 0 amide bonds. The molecule has 96 valence electrons. The standard InChI is InChI=1S/C12H15N3O2S/c1-10-2-4-12(5-3-10)18(16,17)14-9-7-11-6-8-13-15-11/h2-6,8,14H,7,9H2,1H3,(H,13,15). The molecule has 2 aromatic rings. The number of sulfonamides is 1. The average molecular weight is 265 g/mol. The highest BCUT2D eigenvalue weighted by Crippen LogP contribution is 2.09. The van der Waals surface area contributed by atoms with E-state index in [4.69, 9.17) is 0 Å². The zero-order chi connectivity index (χ0) is 13.0. The molecule has 0 radical (unpaired) electrons. The molecule has 0 spiro atoms. The molecule has 1 heterocycles. The van der Waals surface area contributed by atoms with Crippen LogP contribution in [0.1, 0.15) is 11.3 Å². The van der Waals surface area contributed by atoms with Gasteiger partial charge < -0.3 is 0 Å². The lowest BCUT2D eigenvalue weighted by molar-refractivity contribution is 0.581. The minimum atomic E-state index is -3.41. The molecule has 0 aliphatic carbocycles. The molecule has 6 heteroatoms. The molecule has 0 aliphatic rings. The van der Waals surface area contributed by atoms with Gasteiger partial charge in [0.25, 0.3) is 0 Å². The summed E-state index contributed by atoms with van der Waals surface area (Å²) < 4.78 is 26.4. The number of H-pyrrole nitrogens is 1. The first-order valence-electron chi connectivity index (χ1n) is 5.62. The summed E-state index contributed by atoms with van der Waals surface area (Å²) in [5.41, 5.74) is 1.94. The van der Waals surface area contributed by atoms with Gasteiger partial charge in [-0.25, -0.2) is 13.1 Å². The van der Waals surface area contributed by atoms with E-state index < -0.39 is 10.0 Å². The van der Waals surface area contributed by atoms with E-state index in [0.717, 1.165) is 11.3 Å². The number of nitrogens with one attached hydrogen (secondary N) is 2. The van der Waals surface area contributed by atoms with Crippen molar-refractivity contribution in [3.63, 3.8) is 0 Å². The smallest absolute Gasteiger partial charge is 0.240 e. The van der Waals surface area contributed by atoms with Crippen LogP contribution in [0, 0.1) is 6.92 Å². The van der Waals surface area contributed by atoms with Gasteiger partial charge in [-0.1, -0.05) is 17.7 Å². The fourth-order valence-corrected chi connectivity index (χ4v) is 2.58. The van der Waals surface area contributed by atoms with Crippen molar-refractivity contribution in [2.75, 3.05) is 6.54 Å². The quantitative estimate of drug-likeness (QED) is 0.854. The number of benzene rings is 1. The molecular formula is C12H15N3O2S. The van der Waals surface area contributed by atoms with Crippen LogP contribution < -0.4 is 4.72 Å². The molecule has 18 heavy (non-hydrogen) atoms. The van der Waals surface area contributed by atoms with Gasteiger partial charge in [-0.3, -0.25) is 5.10 Å². The maximum Gasteiger partial charge on any atom is 0.240 e. The van der Waals surface area contributed by atoms with E-state index in [2.05, 4.69) is 14.9 Å². The highest BCUT2D eigenvalue weighted by atomic mass is 32.2. The Balaban J connectivity index is 1.97. The molecule has 5 nitrogen and oxygen atoms in total. The van der Waals surface area contributed by atoms with Gasteiger partial charge in [0.2, 0.25) is 10.0 Å². The van der Waals surface area contributed by atoms with E-state index in [-0.39, 0.29) is 4.90 Å². The maximum absolute atomic E-state index is 11.9. The number of rotatable bonds is 5. The van der Waals surface area contributed by atoms with Gasteiger partial charge in [0.05, 0.1) is 4.90 Å². The van der Waals surface area contributed by atoms with Crippen molar-refractivity contribution in [1.82, 2.24) is 14.9 Å². The van der Waals surface area contributed by atoms with Crippen molar-refractivity contribution in [3.05, 3.63) is 47.8 Å². The highest BCUT2D eigenvalue weighted by molar-refractivity contribution is 7.89. The number of aromatic amines is 1. The third-order valence-electron chi connectivity index (χ3n) is 2.58. The van der Waals surface area contributed by atoms with Crippen LogP contribution in [0.4, 0.5) is 0 Å². The average Bonchev–Trinajstić information content (AvgIpc) is 2.82. The summed E-state index contributed by atoms with van der Waals surface area (Å²) in [5.74, 6) is 0. The lowest BCUT2D eigenvalue weighted by Gasteiger charge is -2.06. The largest absolute Gasteiger partial charge is 0.283 e. The summed E-state index contributed by atoms with van der Waals surface area (Å²) >= 11 is 0. The first kappa shape index (κ1) is 12.8. The normalized spacial score (nSPS) is 11.6. The van der Waals surface area contributed by atoms with Gasteiger partial charge >= 0.3 is 0 Å². The first-order valence-corrected chi connectivity index (χ1v) is 7.11. The minimum Gasteiger partial charge on any atom is -0.283 e. The molecule has 0 fully saturated rings. The van der Waals surface area contributed by atoms with Crippen molar-refractivity contribution >= 4 is 10.0 Å². The van der Waals surface area contributed by atoms with Crippen LogP contribution >= 0.6 is 0 Å². The Bertz CT molecular complexity index is 589. The second kappa shape index (κ2) is 5.32. The van der Waals surface area contributed by atoms with Gasteiger partial charge in [0.1, 0.15) is 0 Å². The Hall–Kier alpha value is -1.66. The number of aromatic nitrogens is 2. The third-order valence-corrected chi connectivity index (χ3v) is 4.05. The van der Waals surface area contributed by atoms with E-state index in [0.29, 0.717) is 13.0 Å². The number of aryl methyl sites for hydroxylation is 1. The van der Waals surface area contributed by atoms with Crippen LogP contribution in [0.25, 0.3) is 0 Å². The molecule has 0 aliphatic heterocycles. The van der Waals surface area contributed by atoms with Crippen LogP contribution in [-0.2, 0) is 16.4 Å². The number of hydrogen-bond donors (Lipinski definition) is 2.